The van der Waals surface area contributed by atoms with E-state index in [1.807, 2.05) is 18.2 Å². The van der Waals surface area contributed by atoms with Crippen LogP contribution in [-0.4, -0.2) is 51.2 Å². The van der Waals surface area contributed by atoms with E-state index in [0.717, 1.165) is 46.3 Å². The summed E-state index contributed by atoms with van der Waals surface area (Å²) >= 11 is 0. The number of hydrogen-bond donors (Lipinski definition) is 0. The van der Waals surface area contributed by atoms with Gasteiger partial charge in [0.15, 0.2) is 35.7 Å². The number of nitrogens with zero attached hydrogens (tertiary/aromatic N) is 2. The van der Waals surface area contributed by atoms with Gasteiger partial charge in [-0.1, -0.05) is 12.1 Å². The van der Waals surface area contributed by atoms with Gasteiger partial charge >= 0.3 is 0 Å². The van der Waals surface area contributed by atoms with E-state index in [1.165, 1.54) is 10.5 Å². The smallest absolute Gasteiger partial charge is 0.261 e. The molecule has 39 heavy (non-hydrogen) atoms. The van der Waals surface area contributed by atoms with Gasteiger partial charge in [0.05, 0.1) is 50.0 Å². The number of fused-ring (bicyclic) bond motifs is 5. The molecule has 2 amide bonds. The van der Waals surface area contributed by atoms with E-state index in [4.69, 9.17) is 18.9 Å². The minimum Gasteiger partial charge on any atom is -0.493 e. The van der Waals surface area contributed by atoms with Gasteiger partial charge in [-0.15, -0.1) is 0 Å². The van der Waals surface area contributed by atoms with Gasteiger partial charge in [-0.2, -0.15) is 4.57 Å². The predicted octanol–water partition coefficient (Wildman–Crippen LogP) is 4.36. The quantitative estimate of drug-likeness (QED) is 0.264. The van der Waals surface area contributed by atoms with Gasteiger partial charge in [-0.25, -0.2) is 0 Å². The molecule has 0 saturated heterocycles. The van der Waals surface area contributed by atoms with Gasteiger partial charge in [0.2, 0.25) is 5.69 Å². The summed E-state index contributed by atoms with van der Waals surface area (Å²) in [5.74, 6) is 2.00. The molecule has 2 aliphatic rings. The third-order valence-corrected chi connectivity index (χ3v) is 7.64. The largest absolute Gasteiger partial charge is 0.493 e. The standard InChI is InChI=1S/C31H29N2O6/c1-18-20-9-10-25(36-2)29(39-14-13-33-30(34)21-7-5-6-8-22(21)31(33)35)24(20)17-32-12-11-19-15-26(37-3)27(38-4)16-23(19)28(18)32/h5-10,15-17H,11-14H2,1-4H3/q+1. The van der Waals surface area contributed by atoms with E-state index in [1.54, 1.807) is 45.6 Å². The molecule has 8 nitrogen and oxygen atoms in total. The van der Waals surface area contributed by atoms with Crippen LogP contribution < -0.4 is 23.5 Å². The van der Waals surface area contributed by atoms with Gasteiger partial charge in [-0.3, -0.25) is 14.5 Å². The number of amides is 2. The molecule has 0 fully saturated rings. The van der Waals surface area contributed by atoms with Crippen molar-refractivity contribution >= 4 is 22.6 Å². The molecule has 0 unspecified atom stereocenters. The van der Waals surface area contributed by atoms with Gasteiger partial charge in [0.25, 0.3) is 11.8 Å². The first-order chi connectivity index (χ1) is 19.0. The Bertz CT molecular complexity index is 1630. The van der Waals surface area contributed by atoms with Crippen molar-refractivity contribution < 1.29 is 33.1 Å². The Labute approximate surface area is 226 Å². The lowest BCUT2D eigenvalue weighted by molar-refractivity contribution is -0.686. The van der Waals surface area contributed by atoms with Gasteiger partial charge in [0.1, 0.15) is 6.61 Å². The molecule has 0 bridgehead atoms. The Morgan fingerprint density at radius 3 is 2.15 bits per heavy atom. The van der Waals surface area contributed by atoms with Crippen LogP contribution in [0, 0.1) is 6.92 Å². The van der Waals surface area contributed by atoms with Gasteiger partial charge < -0.3 is 18.9 Å². The van der Waals surface area contributed by atoms with Crippen molar-refractivity contribution in [3.63, 3.8) is 0 Å². The lowest BCUT2D eigenvalue weighted by Gasteiger charge is -2.21. The average molecular weight is 526 g/mol. The fourth-order valence-corrected chi connectivity index (χ4v) is 5.71. The second-order valence-electron chi connectivity index (χ2n) is 9.62. The van der Waals surface area contributed by atoms with Crippen LogP contribution >= 0.6 is 0 Å². The Hall–Kier alpha value is -4.59. The van der Waals surface area contributed by atoms with E-state index in [2.05, 4.69) is 23.8 Å². The predicted molar refractivity (Wildman–Crippen MR) is 145 cm³/mol. The van der Waals surface area contributed by atoms with E-state index < -0.39 is 0 Å². The summed E-state index contributed by atoms with van der Waals surface area (Å²) in [6, 6.07) is 14.9. The molecule has 1 aromatic heterocycles. The number of aryl methyl sites for hydroxylation is 3. The molecular weight excluding hydrogens is 496 g/mol. The molecule has 4 aromatic rings. The highest BCUT2D eigenvalue weighted by molar-refractivity contribution is 6.21. The van der Waals surface area contributed by atoms with E-state index in [-0.39, 0.29) is 25.0 Å². The van der Waals surface area contributed by atoms with Crippen molar-refractivity contribution in [2.24, 2.45) is 0 Å². The van der Waals surface area contributed by atoms with Crippen LogP contribution in [0.3, 0.4) is 0 Å². The summed E-state index contributed by atoms with van der Waals surface area (Å²) in [4.78, 5) is 26.8. The number of hydrogen-bond acceptors (Lipinski definition) is 6. The van der Waals surface area contributed by atoms with Crippen LogP contribution in [0.5, 0.6) is 23.0 Å². The topological polar surface area (TPSA) is 78.2 Å². The Morgan fingerprint density at radius 1 is 0.821 bits per heavy atom. The lowest BCUT2D eigenvalue weighted by atomic mass is 9.91. The first kappa shape index (κ1) is 24.7. The van der Waals surface area contributed by atoms with Crippen LogP contribution in [-0.2, 0) is 13.0 Å². The molecule has 0 atom stereocenters. The monoisotopic (exact) mass is 525 g/mol. The maximum atomic E-state index is 12.8. The maximum absolute atomic E-state index is 12.8. The minimum atomic E-state index is -0.296. The molecule has 3 heterocycles. The second-order valence-corrected chi connectivity index (χ2v) is 9.62. The van der Waals surface area contributed by atoms with Crippen LogP contribution in [0.4, 0.5) is 0 Å². The highest BCUT2D eigenvalue weighted by Gasteiger charge is 2.35. The number of pyridine rings is 1. The van der Waals surface area contributed by atoms with Crippen LogP contribution in [0.1, 0.15) is 31.8 Å². The second kappa shape index (κ2) is 9.62. The summed E-state index contributed by atoms with van der Waals surface area (Å²) in [5.41, 5.74) is 5.40. The number of imide groups is 1. The van der Waals surface area contributed by atoms with Crippen molar-refractivity contribution in [2.45, 2.75) is 19.9 Å². The fourth-order valence-electron chi connectivity index (χ4n) is 5.71. The number of aromatic nitrogens is 1. The molecule has 198 valence electrons. The van der Waals surface area contributed by atoms with Gasteiger partial charge in [-0.05, 0) is 48.9 Å². The number of carbonyl (C=O) groups excluding carboxylic acids is 2. The molecule has 3 aromatic carbocycles. The van der Waals surface area contributed by atoms with Crippen LogP contribution in [0.15, 0.2) is 54.7 Å². The molecule has 0 aliphatic carbocycles. The molecule has 2 aliphatic heterocycles. The summed E-state index contributed by atoms with van der Waals surface area (Å²) in [6.07, 6.45) is 2.94. The first-order valence-electron chi connectivity index (χ1n) is 12.8. The maximum Gasteiger partial charge on any atom is 0.261 e. The zero-order valence-electron chi connectivity index (χ0n) is 22.4. The molecule has 0 radical (unpaired) electrons. The van der Waals surface area contributed by atoms with Crippen LogP contribution in [0.25, 0.3) is 22.0 Å². The summed E-state index contributed by atoms with van der Waals surface area (Å²) < 4.78 is 25.3. The zero-order valence-corrected chi connectivity index (χ0v) is 22.4. The Balaban J connectivity index is 1.36. The Morgan fingerprint density at radius 2 is 1.49 bits per heavy atom. The zero-order chi connectivity index (χ0) is 27.3. The van der Waals surface area contributed by atoms with Crippen LogP contribution in [0.2, 0.25) is 0 Å². The molecule has 8 heteroatoms. The van der Waals surface area contributed by atoms with Crippen molar-refractivity contribution in [1.29, 1.82) is 0 Å². The normalized spacial score (nSPS) is 13.7. The lowest BCUT2D eigenvalue weighted by Crippen LogP contribution is -2.41. The highest BCUT2D eigenvalue weighted by Crippen LogP contribution is 2.42. The molecular formula is C31H29N2O6+. The SMILES string of the molecule is COc1cc2c(cc1OC)-c1c(C)c3ccc(OC)c(OCCN4C(=O)c5ccccc5C4=O)c3c[n+]1CC2. The van der Waals surface area contributed by atoms with E-state index in [0.29, 0.717) is 28.4 Å². The van der Waals surface area contributed by atoms with E-state index >= 15 is 0 Å². The first-order valence-corrected chi connectivity index (χ1v) is 12.8. The molecule has 0 spiro atoms. The average Bonchev–Trinajstić information content (AvgIpc) is 3.21. The number of ether oxygens (including phenoxy) is 4. The third-order valence-electron chi connectivity index (χ3n) is 7.64. The minimum absolute atomic E-state index is 0.137. The summed E-state index contributed by atoms with van der Waals surface area (Å²) in [7, 11) is 4.90. The highest BCUT2D eigenvalue weighted by atomic mass is 16.5. The van der Waals surface area contributed by atoms with Crippen molar-refractivity contribution in [3.8, 4) is 34.3 Å². The Kier molecular flexibility index (Phi) is 6.10. The number of carbonyl (C=O) groups is 2. The van der Waals surface area contributed by atoms with Crippen molar-refractivity contribution in [1.82, 2.24) is 4.90 Å². The van der Waals surface area contributed by atoms with E-state index in [9.17, 15) is 9.59 Å². The fraction of sp³-hybridized carbons (Fsp3) is 0.258. The molecule has 6 rings (SSSR count). The molecule has 0 N–H and O–H groups in total. The number of benzene rings is 3. The summed E-state index contributed by atoms with van der Waals surface area (Å²) in [5, 5.41) is 1.93. The summed E-state index contributed by atoms with van der Waals surface area (Å²) in [6.45, 7) is 3.18. The molecule has 0 saturated carbocycles. The number of rotatable bonds is 7. The van der Waals surface area contributed by atoms with Crippen molar-refractivity contribution in [2.75, 3.05) is 34.5 Å². The van der Waals surface area contributed by atoms with Gasteiger partial charge in [0, 0.05) is 17.4 Å². The number of methoxy groups -OCH3 is 3. The van der Waals surface area contributed by atoms with Crippen molar-refractivity contribution in [3.05, 3.63) is 77.0 Å². The third kappa shape index (κ3) is 3.86.